The van der Waals surface area contributed by atoms with Crippen molar-refractivity contribution >= 4 is 5.91 Å². The molecule has 2 N–H and O–H groups in total. The Morgan fingerprint density at radius 3 is 2.52 bits per heavy atom. The van der Waals surface area contributed by atoms with Crippen LogP contribution >= 0.6 is 0 Å². The van der Waals surface area contributed by atoms with Gasteiger partial charge in [0.05, 0.1) is 0 Å². The minimum atomic E-state index is 0.230. The lowest BCUT2D eigenvalue weighted by Crippen LogP contribution is -2.41. The maximum Gasteiger partial charge on any atom is 0.222 e. The Morgan fingerprint density at radius 2 is 2.00 bits per heavy atom. The molecule has 2 unspecified atom stereocenters. The van der Waals surface area contributed by atoms with Gasteiger partial charge in [0.1, 0.15) is 0 Å². The number of likely N-dealkylation sites (tertiary alicyclic amines) is 1. The highest BCUT2D eigenvalue weighted by atomic mass is 16.2. The number of amides is 1. The highest BCUT2D eigenvalue weighted by molar-refractivity contribution is 5.76. The van der Waals surface area contributed by atoms with E-state index in [0.717, 1.165) is 38.8 Å². The van der Waals surface area contributed by atoms with Crippen LogP contribution in [-0.2, 0) is 4.79 Å². The molecule has 1 fully saturated rings. The van der Waals surface area contributed by atoms with Crippen LogP contribution in [0.25, 0.3) is 0 Å². The molecule has 2 atom stereocenters. The minimum absolute atomic E-state index is 0.230. The molecule has 1 amide bonds. The summed E-state index contributed by atoms with van der Waals surface area (Å²) >= 11 is 0. The number of hydrogen-bond donors (Lipinski definition) is 1. The fourth-order valence-corrected chi connectivity index (χ4v) is 3.43. The second-order valence-corrected chi connectivity index (χ2v) is 7.82. The largest absolute Gasteiger partial charge is 0.338 e. The predicted molar refractivity (Wildman–Crippen MR) is 89.1 cm³/mol. The van der Waals surface area contributed by atoms with Crippen molar-refractivity contribution in [1.29, 1.82) is 0 Å². The zero-order chi connectivity index (χ0) is 16.0. The van der Waals surface area contributed by atoms with Gasteiger partial charge >= 0.3 is 0 Å². The molecule has 1 saturated heterocycles. The quantitative estimate of drug-likeness (QED) is 0.784. The van der Waals surface area contributed by atoms with E-state index < -0.39 is 0 Å². The Labute approximate surface area is 131 Å². The van der Waals surface area contributed by atoms with Gasteiger partial charge in [0.25, 0.3) is 0 Å². The molecule has 0 aromatic heterocycles. The van der Waals surface area contributed by atoms with Crippen LogP contribution in [0, 0.1) is 11.3 Å². The molecule has 1 rings (SSSR count). The van der Waals surface area contributed by atoms with Gasteiger partial charge in [0.15, 0.2) is 0 Å². The van der Waals surface area contributed by atoms with Crippen molar-refractivity contribution in [3.63, 3.8) is 0 Å². The standard InChI is InChI=1S/C17H35N3O/c1-17(2,3)14(10-11-18)8-9-16(21)20-12-6-7-15(20)13-19(4)5/h14-15H,6-13,18H2,1-5H3. The van der Waals surface area contributed by atoms with Gasteiger partial charge in [-0.2, -0.15) is 0 Å². The molecule has 1 aliphatic rings. The number of nitrogens with zero attached hydrogens (tertiary/aromatic N) is 2. The first-order chi connectivity index (χ1) is 9.75. The first-order valence-electron chi connectivity index (χ1n) is 8.40. The van der Waals surface area contributed by atoms with E-state index in [1.54, 1.807) is 0 Å². The average molecular weight is 297 g/mol. The van der Waals surface area contributed by atoms with E-state index in [1.807, 2.05) is 0 Å². The zero-order valence-corrected chi connectivity index (χ0v) is 14.7. The van der Waals surface area contributed by atoms with Gasteiger partial charge in [-0.15, -0.1) is 0 Å². The van der Waals surface area contributed by atoms with E-state index in [1.165, 1.54) is 0 Å². The van der Waals surface area contributed by atoms with Gasteiger partial charge in [0.2, 0.25) is 5.91 Å². The Kier molecular flexibility index (Phi) is 7.14. The predicted octanol–water partition coefficient (Wildman–Crippen LogP) is 2.33. The van der Waals surface area contributed by atoms with Crippen molar-refractivity contribution < 1.29 is 4.79 Å². The molecule has 0 saturated carbocycles. The number of likely N-dealkylation sites (N-methyl/N-ethyl adjacent to an activating group) is 1. The molecule has 0 aromatic carbocycles. The van der Waals surface area contributed by atoms with Crippen molar-refractivity contribution in [3.05, 3.63) is 0 Å². The molecule has 21 heavy (non-hydrogen) atoms. The molecular weight excluding hydrogens is 262 g/mol. The SMILES string of the molecule is CN(C)CC1CCCN1C(=O)CCC(CCN)C(C)(C)C. The van der Waals surface area contributed by atoms with Crippen LogP contribution < -0.4 is 5.73 Å². The van der Waals surface area contributed by atoms with Crippen LogP contribution in [0.2, 0.25) is 0 Å². The van der Waals surface area contributed by atoms with Crippen molar-refractivity contribution in [2.24, 2.45) is 17.1 Å². The normalized spacial score (nSPS) is 21.1. The smallest absolute Gasteiger partial charge is 0.222 e. The monoisotopic (exact) mass is 297 g/mol. The van der Waals surface area contributed by atoms with E-state index in [9.17, 15) is 4.79 Å². The number of carbonyl (C=O) groups is 1. The lowest BCUT2D eigenvalue weighted by molar-refractivity contribution is -0.132. The molecule has 0 aromatic rings. The summed E-state index contributed by atoms with van der Waals surface area (Å²) < 4.78 is 0. The molecule has 4 nitrogen and oxygen atoms in total. The Hall–Kier alpha value is -0.610. The third-order valence-corrected chi connectivity index (χ3v) is 4.72. The Morgan fingerprint density at radius 1 is 1.33 bits per heavy atom. The number of carbonyl (C=O) groups excluding carboxylic acids is 1. The molecule has 0 bridgehead atoms. The number of hydrogen-bond acceptors (Lipinski definition) is 3. The summed E-state index contributed by atoms with van der Waals surface area (Å²) in [6.45, 7) is 9.39. The first kappa shape index (κ1) is 18.4. The summed E-state index contributed by atoms with van der Waals surface area (Å²) in [6, 6.07) is 0.412. The molecule has 0 radical (unpaired) electrons. The van der Waals surface area contributed by atoms with Crippen LogP contribution in [0.15, 0.2) is 0 Å². The Bertz CT molecular complexity index is 322. The number of nitrogens with two attached hydrogens (primary N) is 1. The second kappa shape index (κ2) is 8.14. The van der Waals surface area contributed by atoms with Gasteiger partial charge in [-0.3, -0.25) is 4.79 Å². The summed E-state index contributed by atoms with van der Waals surface area (Å²) in [4.78, 5) is 16.8. The summed E-state index contributed by atoms with van der Waals surface area (Å²) in [5.74, 6) is 0.868. The zero-order valence-electron chi connectivity index (χ0n) is 14.7. The van der Waals surface area contributed by atoms with Crippen LogP contribution in [0.3, 0.4) is 0 Å². The summed E-state index contributed by atoms with van der Waals surface area (Å²) in [5, 5.41) is 0. The van der Waals surface area contributed by atoms with Crippen LogP contribution in [-0.4, -0.2) is 55.5 Å². The van der Waals surface area contributed by atoms with E-state index in [4.69, 9.17) is 5.73 Å². The van der Waals surface area contributed by atoms with Gasteiger partial charge < -0.3 is 15.5 Å². The Balaban J connectivity index is 2.51. The third kappa shape index (κ3) is 5.95. The highest BCUT2D eigenvalue weighted by Gasteiger charge is 2.30. The van der Waals surface area contributed by atoms with E-state index in [-0.39, 0.29) is 5.41 Å². The van der Waals surface area contributed by atoms with Crippen LogP contribution in [0.5, 0.6) is 0 Å². The molecule has 1 aliphatic heterocycles. The van der Waals surface area contributed by atoms with E-state index >= 15 is 0 Å². The average Bonchev–Trinajstić information content (AvgIpc) is 2.79. The van der Waals surface area contributed by atoms with Gasteiger partial charge in [0, 0.05) is 25.6 Å². The van der Waals surface area contributed by atoms with Crippen molar-refractivity contribution in [1.82, 2.24) is 9.80 Å². The van der Waals surface area contributed by atoms with E-state index in [0.29, 0.717) is 30.8 Å². The van der Waals surface area contributed by atoms with Crippen LogP contribution in [0.4, 0.5) is 0 Å². The molecule has 0 aliphatic carbocycles. The molecule has 124 valence electrons. The van der Waals surface area contributed by atoms with Crippen molar-refractivity contribution in [2.45, 2.75) is 58.9 Å². The van der Waals surface area contributed by atoms with E-state index in [2.05, 4.69) is 44.7 Å². The van der Waals surface area contributed by atoms with Crippen molar-refractivity contribution in [2.75, 3.05) is 33.7 Å². The lowest BCUT2D eigenvalue weighted by atomic mass is 9.76. The maximum absolute atomic E-state index is 12.5. The van der Waals surface area contributed by atoms with Crippen molar-refractivity contribution in [3.8, 4) is 0 Å². The summed E-state index contributed by atoms with van der Waals surface area (Å²) in [6.07, 6.45) is 4.94. The minimum Gasteiger partial charge on any atom is -0.338 e. The third-order valence-electron chi connectivity index (χ3n) is 4.72. The lowest BCUT2D eigenvalue weighted by Gasteiger charge is -2.32. The molecular formula is C17H35N3O. The highest BCUT2D eigenvalue weighted by Crippen LogP contribution is 2.32. The van der Waals surface area contributed by atoms with Gasteiger partial charge in [-0.1, -0.05) is 20.8 Å². The number of rotatable bonds is 7. The summed E-state index contributed by atoms with van der Waals surface area (Å²) in [7, 11) is 4.16. The molecule has 0 spiro atoms. The fraction of sp³-hybridized carbons (Fsp3) is 0.941. The molecule has 1 heterocycles. The second-order valence-electron chi connectivity index (χ2n) is 7.82. The topological polar surface area (TPSA) is 49.6 Å². The van der Waals surface area contributed by atoms with Gasteiger partial charge in [-0.05, 0) is 57.7 Å². The fourth-order valence-electron chi connectivity index (χ4n) is 3.43. The maximum atomic E-state index is 12.5. The molecule has 4 heteroatoms. The first-order valence-corrected chi connectivity index (χ1v) is 8.40. The van der Waals surface area contributed by atoms with Gasteiger partial charge in [-0.25, -0.2) is 0 Å². The van der Waals surface area contributed by atoms with Crippen LogP contribution in [0.1, 0.15) is 52.9 Å². The summed E-state index contributed by atoms with van der Waals surface area (Å²) in [5.41, 5.74) is 5.96.